The van der Waals surface area contributed by atoms with Crippen molar-refractivity contribution in [1.82, 2.24) is 45.2 Å². The highest BCUT2D eigenvalue weighted by atomic mass is 19.4. The second-order valence-electron chi connectivity index (χ2n) is 28.5. The van der Waals surface area contributed by atoms with Crippen molar-refractivity contribution in [2.75, 3.05) is 77.8 Å². The predicted molar refractivity (Wildman–Crippen MR) is 462 cm³/mol. The van der Waals surface area contributed by atoms with Gasteiger partial charge in [0, 0.05) is 113 Å². The number of ether oxygens (including phenoxy) is 1. The Morgan fingerprint density at radius 2 is 1.08 bits per heavy atom. The lowest BCUT2D eigenvalue weighted by atomic mass is 9.81. The summed E-state index contributed by atoms with van der Waals surface area (Å²) in [6, 6.07) is 40.5. The van der Waals surface area contributed by atoms with Crippen LogP contribution in [0.4, 0.5) is 80.2 Å². The molecule has 0 radical (unpaired) electrons. The topological polar surface area (TPSA) is 409 Å². The number of furan rings is 1. The molecule has 2 aliphatic rings. The van der Waals surface area contributed by atoms with Crippen LogP contribution in [0.2, 0.25) is 0 Å². The van der Waals surface area contributed by atoms with Crippen LogP contribution in [0.3, 0.4) is 0 Å². The number of piperazine rings is 1. The highest BCUT2D eigenvalue weighted by molar-refractivity contribution is 6.15. The minimum Gasteiger partial charge on any atom is -0.478 e. The molecule has 1 aliphatic carbocycles. The number of alkyl halides is 9. The zero-order valence-electron chi connectivity index (χ0n) is 64.9. The normalized spacial score (nSPS) is 15.6. The van der Waals surface area contributed by atoms with Crippen LogP contribution in [-0.4, -0.2) is 120 Å². The predicted octanol–water partition coefficient (Wildman–Crippen LogP) is 17.9. The van der Waals surface area contributed by atoms with Gasteiger partial charge in [0.2, 0.25) is 23.2 Å². The number of rotatable bonds is 25. The zero-order chi connectivity index (χ0) is 85.7. The number of anilines is 7. The first-order chi connectivity index (χ1) is 56.8. The summed E-state index contributed by atoms with van der Waals surface area (Å²) < 4.78 is 132. The van der Waals surface area contributed by atoms with E-state index >= 15 is 0 Å². The molecule has 6 atom stereocenters. The van der Waals surface area contributed by atoms with Gasteiger partial charge < -0.3 is 69.5 Å². The number of aliphatic hydroxyl groups is 1. The number of aliphatic hydroxyl groups excluding tert-OH is 1. The molecule has 9 aromatic heterocycles. The number of benzene rings is 2. The summed E-state index contributed by atoms with van der Waals surface area (Å²) in [6.45, 7) is 10.0. The van der Waals surface area contributed by atoms with Crippen LogP contribution in [-0.2, 0) is 18.5 Å². The smallest absolute Gasteiger partial charge is 0.418 e. The third kappa shape index (κ3) is 23.8. The van der Waals surface area contributed by atoms with Gasteiger partial charge in [-0.2, -0.15) is 39.5 Å². The fourth-order valence-electron chi connectivity index (χ4n) is 13.4. The summed E-state index contributed by atoms with van der Waals surface area (Å²) in [5, 5.41) is 20.0. The summed E-state index contributed by atoms with van der Waals surface area (Å²) >= 11 is 0. The molecule has 0 amide bonds. The summed E-state index contributed by atoms with van der Waals surface area (Å²) in [7, 11) is 0. The van der Waals surface area contributed by atoms with Crippen molar-refractivity contribution >= 4 is 63.9 Å². The number of nitrogens with one attached hydrogen (secondary N) is 3. The molecule has 0 bridgehead atoms. The van der Waals surface area contributed by atoms with Crippen LogP contribution in [0.25, 0.3) is 11.3 Å². The van der Waals surface area contributed by atoms with Crippen LogP contribution < -0.4 is 60.0 Å². The molecule has 0 spiro atoms. The number of hydrogen-bond acceptors (Lipinski definition) is 25. The van der Waals surface area contributed by atoms with Crippen LogP contribution >= 0.6 is 0 Å². The van der Waals surface area contributed by atoms with Gasteiger partial charge in [0.1, 0.15) is 63.6 Å². The number of hydrogen-bond donors (Lipinski definition) is 10. The van der Waals surface area contributed by atoms with E-state index in [1.807, 2.05) is 42.5 Å². The lowest BCUT2D eigenvalue weighted by Gasteiger charge is -2.35. The SMILES string of the molecule is CC(C)C[C@H]1CN(c2cc(C(=O)c3cccnc3N)c(-c3ccco3)cn2)CCN1.CC(Nc1ccc(C(F)(F)F)c(C(=O)c2cccnc2N)n1)[C@@H](O)c1ccccc1.NCC1CCCC(CNc2ccc(C(F)(F)F)c(C(=O)c3cccnc3N)n2)C1.Nc1ncccc1C(=O)c1nc(OCCC(N)c2ccccc2)ccc1C(F)(F)F.[HH].[HH].[HH].[HH].[HH].[HH].[HH].[HH].[HH].[HH].[HH].[HH].[HH].[HH]. The van der Waals surface area contributed by atoms with Crippen LogP contribution in [0.1, 0.15) is 183 Å². The molecule has 652 valence electrons. The molecule has 25 nitrogen and oxygen atoms in total. The number of pyridine rings is 8. The molecule has 2 aromatic carbocycles. The van der Waals surface area contributed by atoms with Crippen molar-refractivity contribution in [2.24, 2.45) is 29.2 Å². The average molecular weight is 1670 g/mol. The van der Waals surface area contributed by atoms with Gasteiger partial charge in [-0.25, -0.2) is 39.9 Å². The van der Waals surface area contributed by atoms with Crippen molar-refractivity contribution in [2.45, 2.75) is 102 Å². The molecular weight excluding hydrogens is 1560 g/mol. The number of nitrogens with zero attached hydrogens (tertiary/aromatic N) is 9. The Morgan fingerprint density at radius 3 is 1.57 bits per heavy atom. The van der Waals surface area contributed by atoms with Gasteiger partial charge in [0.05, 0.1) is 64.0 Å². The lowest BCUT2D eigenvalue weighted by Crippen LogP contribution is -2.51. The van der Waals surface area contributed by atoms with E-state index in [1.165, 1.54) is 61.1 Å². The van der Waals surface area contributed by atoms with Crippen LogP contribution in [0, 0.1) is 17.8 Å². The molecule has 119 heavy (non-hydrogen) atoms. The lowest BCUT2D eigenvalue weighted by molar-refractivity contribution is -0.139. The van der Waals surface area contributed by atoms with Gasteiger partial charge in [0.15, 0.2) is 5.78 Å². The van der Waals surface area contributed by atoms with Crippen molar-refractivity contribution in [3.63, 3.8) is 0 Å². The molecule has 1 saturated carbocycles. The first-order valence-electron chi connectivity index (χ1n) is 37.9. The van der Waals surface area contributed by atoms with Gasteiger partial charge >= 0.3 is 18.5 Å². The maximum absolute atomic E-state index is 13.5. The van der Waals surface area contributed by atoms with Gasteiger partial charge in [-0.15, -0.1) is 0 Å². The first-order valence-corrected chi connectivity index (χ1v) is 37.9. The quantitative estimate of drug-likeness (QED) is 0.0188. The fraction of sp³-hybridized carbons (Fsp3) is 0.294. The van der Waals surface area contributed by atoms with Gasteiger partial charge in [0.25, 0.3) is 0 Å². The van der Waals surface area contributed by atoms with Gasteiger partial charge in [-0.1, -0.05) is 80.9 Å². The number of nitrogen functional groups attached to an aromatic ring is 4. The largest absolute Gasteiger partial charge is 0.478 e. The van der Waals surface area contributed by atoms with E-state index in [9.17, 15) is 63.8 Å². The minimum atomic E-state index is -4.79. The standard InChI is InChI=1S/C23H27N5O2.2C21H19F3N4O2.C20H24F3N5O.14H2/c1-15(2)11-16-14-28(9-8-25-16)21-12-18(19(13-27-21)20-6-4-10-30-20)22(29)17-5-3-7-26-23(17)24;1-12(18(29)13-6-3-2-4-7-13)27-16-10-9-15(21(22,23)24)17(28-16)19(30)14-8-5-11-26-20(14)25;22-21(23,24)15-8-9-17(30-12-10-16(25)13-5-2-1-3-6-13)28-18(15)19(29)14-7-4-11-27-20(14)26;21-20(22,23)15-6-7-16(27-11-13-4-1-3-12(9-13)10-24)28-17(15)18(29)14-5-2-8-26-19(14)25;;;;;;;;;;;;;;/h3-7,10,12-13,15-16,25H,8-9,11,14H2,1-2H3,(H2,24,26);2-12,18,29H,1H3,(H2,25,26)(H,27,28);1-9,11,16H,10,12,25H2,(H2,26,27);2,5-8,12-13H,1,3-4,9-11,24H2,(H2,25,26)(H,27,28);14*1H/t16-;12?,18-;;;;;;;;;;;;;;;;/m01................/s1. The summed E-state index contributed by atoms with van der Waals surface area (Å²) in [6.07, 6.45) is -0.622. The summed E-state index contributed by atoms with van der Waals surface area (Å²) in [4.78, 5) is 85.6. The Labute approximate surface area is 699 Å². The highest BCUT2D eigenvalue weighted by Crippen LogP contribution is 2.39. The Bertz CT molecular complexity index is 5310. The third-order valence-corrected chi connectivity index (χ3v) is 19.5. The van der Waals surface area contributed by atoms with Gasteiger partial charge in [-0.3, -0.25) is 19.2 Å². The summed E-state index contributed by atoms with van der Waals surface area (Å²) in [5.41, 5.74) is 31.7. The second kappa shape index (κ2) is 40.4. The average Bonchev–Trinajstić information content (AvgIpc) is 1.30. The monoisotopic (exact) mass is 1670 g/mol. The number of ketones is 4. The number of aromatic nitrogens is 8. The Balaban J connectivity index is -0.000000529. The molecule has 1 aliphatic heterocycles. The molecule has 10 heterocycles. The van der Waals surface area contributed by atoms with Crippen LogP contribution in [0.15, 0.2) is 205 Å². The van der Waals surface area contributed by atoms with E-state index in [0.29, 0.717) is 71.3 Å². The Kier molecular flexibility index (Phi) is 30.1. The number of carbonyl (C=O) groups excluding carboxylic acids is 4. The molecule has 34 heteroatoms. The van der Waals surface area contributed by atoms with Gasteiger partial charge in [-0.05, 0) is 165 Å². The molecule has 11 aromatic rings. The van der Waals surface area contributed by atoms with E-state index in [1.54, 1.807) is 74.1 Å². The second-order valence-corrected chi connectivity index (χ2v) is 28.5. The number of nitrogens with two attached hydrogens (primary N) is 6. The Hall–Kier alpha value is -12.8. The van der Waals surface area contributed by atoms with Crippen molar-refractivity contribution in [1.29, 1.82) is 0 Å². The third-order valence-electron chi connectivity index (χ3n) is 19.5. The number of carbonyl (C=O) groups is 4. The highest BCUT2D eigenvalue weighted by Gasteiger charge is 2.41. The molecule has 1 saturated heterocycles. The van der Waals surface area contributed by atoms with E-state index in [0.717, 1.165) is 93.5 Å². The van der Waals surface area contributed by atoms with Crippen molar-refractivity contribution in [3.8, 4) is 17.2 Å². The fourth-order valence-corrected chi connectivity index (χ4v) is 13.4. The molecule has 16 N–H and O–H groups in total. The van der Waals surface area contributed by atoms with Crippen molar-refractivity contribution in [3.05, 3.63) is 274 Å². The van der Waals surface area contributed by atoms with E-state index in [4.69, 9.17) is 43.6 Å². The molecule has 13 rings (SSSR count). The van der Waals surface area contributed by atoms with Crippen molar-refractivity contribution < 1.29 is 92.9 Å². The Morgan fingerprint density at radius 1 is 0.588 bits per heavy atom. The maximum Gasteiger partial charge on any atom is 0.418 e. The summed E-state index contributed by atoms with van der Waals surface area (Å²) in [5.74, 6) is -0.427. The van der Waals surface area contributed by atoms with E-state index in [2.05, 4.69) is 74.6 Å². The zero-order valence-corrected chi connectivity index (χ0v) is 64.9. The van der Waals surface area contributed by atoms with E-state index < -0.39 is 81.8 Å². The van der Waals surface area contributed by atoms with Crippen LogP contribution in [0.5, 0.6) is 5.88 Å². The molecule has 2 fully saturated rings. The molecule has 4 unspecified atom stereocenters. The number of halogens is 9. The van der Waals surface area contributed by atoms with E-state index in [-0.39, 0.29) is 95.9 Å². The first kappa shape index (κ1) is 88.6. The minimum absolute atomic E-state index is 0. The maximum atomic E-state index is 13.5. The molecular formula is C85H117F9N18O7.